The highest BCUT2D eigenvalue weighted by Crippen LogP contribution is 2.24. The number of nitrogens with one attached hydrogen (secondary N) is 1. The van der Waals surface area contributed by atoms with Gasteiger partial charge < -0.3 is 14.6 Å². The summed E-state index contributed by atoms with van der Waals surface area (Å²) in [4.78, 5) is 36.7. The van der Waals surface area contributed by atoms with Crippen molar-refractivity contribution >= 4 is 45.4 Å². The summed E-state index contributed by atoms with van der Waals surface area (Å²) in [7, 11) is 1.26. The zero-order valence-corrected chi connectivity index (χ0v) is 20.1. The summed E-state index contributed by atoms with van der Waals surface area (Å²) in [5, 5.41) is 6.53. The Morgan fingerprint density at radius 1 is 0.971 bits per heavy atom. The zero-order chi connectivity index (χ0) is 24.8. The first-order valence-corrected chi connectivity index (χ1v) is 11.3. The van der Waals surface area contributed by atoms with E-state index >= 15 is 0 Å². The maximum Gasteiger partial charge on any atom is 0.360 e. The highest BCUT2D eigenvalue weighted by atomic mass is 79.9. The molecule has 0 aliphatic carbocycles. The zero-order valence-electron chi connectivity index (χ0n) is 18.5. The number of amides is 1. The summed E-state index contributed by atoms with van der Waals surface area (Å²) in [6, 6.07) is 22.6. The molecular formula is C27H19BrN2O5. The number of ether oxygens (including phenoxy) is 1. The Bertz CT molecular complexity index is 1420. The van der Waals surface area contributed by atoms with Crippen molar-refractivity contribution in [1.29, 1.82) is 0 Å². The van der Waals surface area contributed by atoms with Crippen LogP contribution in [0.15, 0.2) is 93.9 Å². The maximum absolute atomic E-state index is 12.7. The third kappa shape index (κ3) is 5.80. The summed E-state index contributed by atoms with van der Waals surface area (Å²) in [6.45, 7) is 0. The van der Waals surface area contributed by atoms with Crippen LogP contribution in [0.1, 0.15) is 36.8 Å². The van der Waals surface area contributed by atoms with E-state index < -0.39 is 5.97 Å². The Kier molecular flexibility index (Phi) is 7.32. The second kappa shape index (κ2) is 10.8. The van der Waals surface area contributed by atoms with Gasteiger partial charge in [-0.05, 0) is 48.0 Å². The molecule has 8 heteroatoms. The van der Waals surface area contributed by atoms with Crippen LogP contribution in [0.3, 0.4) is 0 Å². The molecule has 1 N–H and O–H groups in total. The van der Waals surface area contributed by atoms with Crippen molar-refractivity contribution in [3.05, 3.63) is 112 Å². The van der Waals surface area contributed by atoms with Crippen molar-refractivity contribution in [3.8, 4) is 11.3 Å². The van der Waals surface area contributed by atoms with Crippen LogP contribution in [0.4, 0.5) is 5.69 Å². The second-order valence-corrected chi connectivity index (χ2v) is 8.26. The normalized spacial score (nSPS) is 10.8. The minimum absolute atomic E-state index is 0.0594. The van der Waals surface area contributed by atoms with Gasteiger partial charge in [-0.25, -0.2) is 4.79 Å². The Morgan fingerprint density at radius 3 is 2.49 bits per heavy atom. The van der Waals surface area contributed by atoms with Gasteiger partial charge in [0.05, 0.1) is 7.11 Å². The van der Waals surface area contributed by atoms with Gasteiger partial charge in [0.2, 0.25) is 0 Å². The highest BCUT2D eigenvalue weighted by Gasteiger charge is 2.14. The van der Waals surface area contributed by atoms with E-state index in [1.165, 1.54) is 19.3 Å². The fourth-order valence-electron chi connectivity index (χ4n) is 3.23. The van der Waals surface area contributed by atoms with E-state index in [-0.39, 0.29) is 17.4 Å². The van der Waals surface area contributed by atoms with E-state index in [0.717, 1.165) is 10.0 Å². The number of carbonyl (C=O) groups is 3. The first-order chi connectivity index (χ1) is 16.9. The van der Waals surface area contributed by atoms with Crippen molar-refractivity contribution in [1.82, 2.24) is 5.16 Å². The summed E-state index contributed by atoms with van der Waals surface area (Å²) < 4.78 is 10.6. The maximum atomic E-state index is 12.7. The number of esters is 1. The number of halogens is 1. The predicted octanol–water partition coefficient (Wildman–Crippen LogP) is 6.04. The Balaban J connectivity index is 1.42. The number of nitrogens with zero attached hydrogens (tertiary/aromatic N) is 1. The van der Waals surface area contributed by atoms with Gasteiger partial charge >= 0.3 is 5.97 Å². The number of hydrogen-bond acceptors (Lipinski definition) is 6. The van der Waals surface area contributed by atoms with E-state index in [0.29, 0.717) is 28.1 Å². The molecule has 4 rings (SSSR count). The van der Waals surface area contributed by atoms with Crippen molar-refractivity contribution < 1.29 is 23.6 Å². The number of rotatable bonds is 7. The first-order valence-electron chi connectivity index (χ1n) is 10.5. The molecule has 0 atom stereocenters. The molecule has 7 nitrogen and oxygen atoms in total. The minimum atomic E-state index is -0.597. The molecule has 0 spiro atoms. The molecule has 1 heterocycles. The lowest BCUT2D eigenvalue weighted by atomic mass is 10.1. The lowest BCUT2D eigenvalue weighted by molar-refractivity contribution is 0.0589. The topological polar surface area (TPSA) is 98.5 Å². The van der Waals surface area contributed by atoms with Crippen LogP contribution in [0, 0.1) is 0 Å². The van der Waals surface area contributed by atoms with Crippen LogP contribution in [-0.4, -0.2) is 29.9 Å². The summed E-state index contributed by atoms with van der Waals surface area (Å²) in [5.74, 6) is -0.644. The quantitative estimate of drug-likeness (QED) is 0.177. The number of aromatic nitrogens is 1. The molecular weight excluding hydrogens is 512 g/mol. The number of allylic oxidation sites excluding steroid dienone is 1. The van der Waals surface area contributed by atoms with Crippen LogP contribution in [0.5, 0.6) is 0 Å². The average molecular weight is 531 g/mol. The van der Waals surface area contributed by atoms with Gasteiger partial charge in [0.15, 0.2) is 17.2 Å². The number of methoxy groups -OCH3 is 1. The van der Waals surface area contributed by atoms with Gasteiger partial charge in [-0.1, -0.05) is 63.6 Å². The molecule has 0 radical (unpaired) electrons. The van der Waals surface area contributed by atoms with Crippen LogP contribution in [0.25, 0.3) is 17.4 Å². The summed E-state index contributed by atoms with van der Waals surface area (Å²) >= 11 is 3.38. The number of benzene rings is 3. The predicted molar refractivity (Wildman–Crippen MR) is 135 cm³/mol. The molecule has 35 heavy (non-hydrogen) atoms. The van der Waals surface area contributed by atoms with E-state index in [2.05, 4.69) is 31.1 Å². The lowest BCUT2D eigenvalue weighted by Gasteiger charge is -2.07. The first kappa shape index (κ1) is 23.8. The number of hydrogen-bond donors (Lipinski definition) is 1. The fourth-order valence-corrected chi connectivity index (χ4v) is 3.71. The smallest absolute Gasteiger partial charge is 0.360 e. The SMILES string of the molecule is COC(=O)c1cc(-c2cccc(NC(=O)c3ccc(/C=C/C(=O)c4ccccc4Br)cc3)c2)on1. The van der Waals surface area contributed by atoms with Gasteiger partial charge in [0.1, 0.15) is 0 Å². The molecule has 0 bridgehead atoms. The summed E-state index contributed by atoms with van der Waals surface area (Å²) in [5.41, 5.74) is 3.07. The summed E-state index contributed by atoms with van der Waals surface area (Å²) in [6.07, 6.45) is 3.20. The Hall–Kier alpha value is -4.30. The average Bonchev–Trinajstić information content (AvgIpc) is 3.38. The highest BCUT2D eigenvalue weighted by molar-refractivity contribution is 9.10. The largest absolute Gasteiger partial charge is 0.464 e. The Labute approximate surface area is 209 Å². The third-order valence-electron chi connectivity index (χ3n) is 5.05. The molecule has 174 valence electrons. The number of ketones is 1. The third-order valence-corrected chi connectivity index (χ3v) is 5.74. The second-order valence-electron chi connectivity index (χ2n) is 7.40. The molecule has 0 aliphatic heterocycles. The molecule has 4 aromatic rings. The van der Waals surface area contributed by atoms with Crippen LogP contribution >= 0.6 is 15.9 Å². The van der Waals surface area contributed by atoms with Crippen molar-refractivity contribution in [2.45, 2.75) is 0 Å². The van der Waals surface area contributed by atoms with Crippen molar-refractivity contribution in [2.24, 2.45) is 0 Å². The monoisotopic (exact) mass is 530 g/mol. The molecule has 0 unspecified atom stereocenters. The van der Waals surface area contributed by atoms with Gasteiger partial charge in [0.25, 0.3) is 5.91 Å². The van der Waals surface area contributed by atoms with Crippen LogP contribution < -0.4 is 5.32 Å². The van der Waals surface area contributed by atoms with E-state index in [9.17, 15) is 14.4 Å². The van der Waals surface area contributed by atoms with E-state index in [1.807, 2.05) is 12.1 Å². The van der Waals surface area contributed by atoms with Crippen LogP contribution in [0.2, 0.25) is 0 Å². The van der Waals surface area contributed by atoms with Gasteiger partial charge in [-0.3, -0.25) is 9.59 Å². The van der Waals surface area contributed by atoms with Crippen LogP contribution in [-0.2, 0) is 4.74 Å². The molecule has 0 saturated carbocycles. The van der Waals surface area contributed by atoms with E-state index in [4.69, 9.17) is 4.52 Å². The molecule has 0 fully saturated rings. The molecule has 1 amide bonds. The molecule has 3 aromatic carbocycles. The standard InChI is InChI=1S/C27H19BrN2O5/c1-34-27(33)23-16-25(35-30-23)19-5-4-6-20(15-19)29-26(32)18-12-9-17(10-13-18)11-14-24(31)21-7-2-3-8-22(21)28/h2-16H,1H3,(H,29,32)/b14-11+. The fraction of sp³-hybridized carbons (Fsp3) is 0.0370. The van der Waals surface area contributed by atoms with Crippen molar-refractivity contribution in [2.75, 3.05) is 12.4 Å². The lowest BCUT2D eigenvalue weighted by Crippen LogP contribution is -2.11. The number of anilines is 1. The van der Waals surface area contributed by atoms with E-state index in [1.54, 1.807) is 66.7 Å². The Morgan fingerprint density at radius 2 is 1.74 bits per heavy atom. The molecule has 0 aliphatic rings. The van der Waals surface area contributed by atoms with Gasteiger partial charge in [-0.15, -0.1) is 0 Å². The number of carbonyl (C=O) groups excluding carboxylic acids is 3. The molecule has 0 saturated heterocycles. The molecule has 1 aromatic heterocycles. The minimum Gasteiger partial charge on any atom is -0.464 e. The van der Waals surface area contributed by atoms with Crippen molar-refractivity contribution in [3.63, 3.8) is 0 Å². The van der Waals surface area contributed by atoms with Gasteiger partial charge in [0, 0.05) is 32.9 Å². The van der Waals surface area contributed by atoms with Gasteiger partial charge in [-0.2, -0.15) is 0 Å².